The molecule has 1 aromatic rings. The minimum Gasteiger partial charge on any atom is -0.362 e. The summed E-state index contributed by atoms with van der Waals surface area (Å²) in [7, 11) is 1.59. The van der Waals surface area contributed by atoms with Crippen molar-refractivity contribution >= 4 is 5.95 Å². The number of ether oxygens (including phenoxy) is 1. The first-order chi connectivity index (χ1) is 4.83. The molecular formula is C4H9N5O. The van der Waals surface area contributed by atoms with Gasteiger partial charge in [-0.1, -0.05) is 5.10 Å². The molecule has 0 aliphatic rings. The van der Waals surface area contributed by atoms with Crippen LogP contribution in [-0.4, -0.2) is 34.0 Å². The van der Waals surface area contributed by atoms with Crippen LogP contribution in [0.3, 0.4) is 0 Å². The summed E-state index contributed by atoms with van der Waals surface area (Å²) in [6.45, 7) is 1.84. The quantitative estimate of drug-likeness (QED) is 0.563. The Morgan fingerprint density at radius 2 is 2.50 bits per heavy atom. The second kappa shape index (κ2) is 3.11. The molecule has 0 saturated heterocycles. The Kier molecular flexibility index (Phi) is 2.16. The number of aromatic nitrogens is 4. The van der Waals surface area contributed by atoms with Crippen LogP contribution in [0.15, 0.2) is 0 Å². The zero-order chi connectivity index (χ0) is 7.40. The van der Waals surface area contributed by atoms with Crippen molar-refractivity contribution in [2.75, 3.05) is 12.4 Å². The lowest BCUT2D eigenvalue weighted by Crippen LogP contribution is -2.17. The van der Waals surface area contributed by atoms with E-state index in [9.17, 15) is 0 Å². The molecule has 1 rings (SSSR count). The SMILES string of the molecule is COC(C)Nc1nn[nH]n1. The molecule has 0 radical (unpaired) electrons. The first-order valence-electron chi connectivity index (χ1n) is 2.85. The van der Waals surface area contributed by atoms with Crippen LogP contribution in [0.4, 0.5) is 5.95 Å². The summed E-state index contributed by atoms with van der Waals surface area (Å²) in [6.07, 6.45) is -0.0994. The van der Waals surface area contributed by atoms with Gasteiger partial charge in [0.1, 0.15) is 6.23 Å². The summed E-state index contributed by atoms with van der Waals surface area (Å²) in [5, 5.41) is 15.8. The summed E-state index contributed by atoms with van der Waals surface area (Å²) in [6, 6.07) is 0. The third-order valence-electron chi connectivity index (χ3n) is 1.03. The Morgan fingerprint density at radius 3 is 3.00 bits per heavy atom. The van der Waals surface area contributed by atoms with Gasteiger partial charge >= 0.3 is 0 Å². The third-order valence-corrected chi connectivity index (χ3v) is 1.03. The maximum atomic E-state index is 4.89. The molecule has 10 heavy (non-hydrogen) atoms. The second-order valence-corrected chi connectivity index (χ2v) is 1.76. The molecule has 0 spiro atoms. The summed E-state index contributed by atoms with van der Waals surface area (Å²) in [5.41, 5.74) is 0. The Balaban J connectivity index is 2.40. The molecule has 0 fully saturated rings. The molecule has 1 aromatic heterocycles. The van der Waals surface area contributed by atoms with Crippen LogP contribution in [0, 0.1) is 0 Å². The van der Waals surface area contributed by atoms with Gasteiger partial charge in [0.05, 0.1) is 0 Å². The predicted octanol–water partition coefficient (Wildman–Crippen LogP) is -0.396. The van der Waals surface area contributed by atoms with Gasteiger partial charge in [-0.3, -0.25) is 0 Å². The Morgan fingerprint density at radius 1 is 1.70 bits per heavy atom. The van der Waals surface area contributed by atoms with Crippen molar-refractivity contribution in [1.29, 1.82) is 0 Å². The molecule has 1 atom stereocenters. The van der Waals surface area contributed by atoms with Gasteiger partial charge in [-0.05, 0) is 12.1 Å². The molecule has 1 unspecified atom stereocenters. The van der Waals surface area contributed by atoms with E-state index in [0.717, 1.165) is 0 Å². The Labute approximate surface area is 58.0 Å². The first kappa shape index (κ1) is 6.94. The molecule has 56 valence electrons. The lowest BCUT2D eigenvalue weighted by molar-refractivity contribution is 0.140. The minimum atomic E-state index is -0.0994. The fourth-order valence-corrected chi connectivity index (χ4v) is 0.464. The smallest absolute Gasteiger partial charge is 0.265 e. The van der Waals surface area contributed by atoms with E-state index in [4.69, 9.17) is 4.74 Å². The molecule has 6 nitrogen and oxygen atoms in total. The van der Waals surface area contributed by atoms with Crippen LogP contribution in [0.5, 0.6) is 0 Å². The highest BCUT2D eigenvalue weighted by Gasteiger charge is 2.00. The highest BCUT2D eigenvalue weighted by molar-refractivity contribution is 5.18. The number of hydrogen-bond acceptors (Lipinski definition) is 5. The van der Waals surface area contributed by atoms with E-state index >= 15 is 0 Å². The van der Waals surface area contributed by atoms with E-state index < -0.39 is 0 Å². The number of methoxy groups -OCH3 is 1. The molecule has 0 amide bonds. The van der Waals surface area contributed by atoms with Crippen molar-refractivity contribution in [3.05, 3.63) is 0 Å². The molecule has 6 heteroatoms. The molecule has 2 N–H and O–H groups in total. The molecule has 0 aliphatic carbocycles. The Bertz CT molecular complexity index is 174. The first-order valence-corrected chi connectivity index (χ1v) is 2.85. The zero-order valence-electron chi connectivity index (χ0n) is 5.83. The van der Waals surface area contributed by atoms with E-state index in [2.05, 4.69) is 25.9 Å². The molecule has 0 aliphatic heterocycles. The summed E-state index contributed by atoms with van der Waals surface area (Å²) in [4.78, 5) is 0. The highest BCUT2D eigenvalue weighted by Crippen LogP contribution is 1.94. The third kappa shape index (κ3) is 1.66. The summed E-state index contributed by atoms with van der Waals surface area (Å²) >= 11 is 0. The fraction of sp³-hybridized carbons (Fsp3) is 0.750. The number of hydrogen-bond donors (Lipinski definition) is 2. The van der Waals surface area contributed by atoms with Crippen molar-refractivity contribution in [3.63, 3.8) is 0 Å². The maximum absolute atomic E-state index is 4.89. The number of nitrogens with one attached hydrogen (secondary N) is 2. The highest BCUT2D eigenvalue weighted by atomic mass is 16.5. The van der Waals surface area contributed by atoms with Gasteiger partial charge in [-0.25, -0.2) is 0 Å². The Hall–Kier alpha value is -1.17. The van der Waals surface area contributed by atoms with Crippen molar-refractivity contribution in [2.24, 2.45) is 0 Å². The van der Waals surface area contributed by atoms with Crippen molar-refractivity contribution in [2.45, 2.75) is 13.2 Å². The number of rotatable bonds is 3. The fourth-order valence-electron chi connectivity index (χ4n) is 0.464. The van der Waals surface area contributed by atoms with Gasteiger partial charge in [0.25, 0.3) is 5.95 Å². The van der Waals surface area contributed by atoms with Crippen LogP contribution in [0.25, 0.3) is 0 Å². The van der Waals surface area contributed by atoms with Crippen LogP contribution in [0.2, 0.25) is 0 Å². The van der Waals surface area contributed by atoms with Crippen molar-refractivity contribution in [1.82, 2.24) is 20.6 Å². The number of tetrazole rings is 1. The van der Waals surface area contributed by atoms with Crippen molar-refractivity contribution < 1.29 is 4.74 Å². The van der Waals surface area contributed by atoms with Crippen LogP contribution in [0.1, 0.15) is 6.92 Å². The van der Waals surface area contributed by atoms with E-state index in [1.807, 2.05) is 6.92 Å². The van der Waals surface area contributed by atoms with Crippen LogP contribution >= 0.6 is 0 Å². The standard InChI is InChI=1S/C4H9N5O/c1-3(10-2)5-4-6-8-9-7-4/h3H,1-2H3,(H2,5,6,7,8,9). The molecule has 0 saturated carbocycles. The zero-order valence-corrected chi connectivity index (χ0v) is 5.83. The maximum Gasteiger partial charge on any atom is 0.265 e. The second-order valence-electron chi connectivity index (χ2n) is 1.76. The van der Waals surface area contributed by atoms with Crippen molar-refractivity contribution in [3.8, 4) is 0 Å². The predicted molar refractivity (Wildman–Crippen MR) is 34.3 cm³/mol. The van der Waals surface area contributed by atoms with E-state index in [1.54, 1.807) is 7.11 Å². The number of anilines is 1. The molecule has 0 aromatic carbocycles. The normalized spacial score (nSPS) is 13.0. The van der Waals surface area contributed by atoms with Gasteiger partial charge in [0, 0.05) is 7.11 Å². The van der Waals surface area contributed by atoms with E-state index in [-0.39, 0.29) is 6.23 Å². The lowest BCUT2D eigenvalue weighted by atomic mass is 10.6. The summed E-state index contributed by atoms with van der Waals surface area (Å²) < 4.78 is 4.89. The van der Waals surface area contributed by atoms with Gasteiger partial charge in [-0.15, -0.1) is 5.10 Å². The van der Waals surface area contributed by atoms with Crippen LogP contribution in [-0.2, 0) is 4.74 Å². The number of H-pyrrole nitrogens is 1. The lowest BCUT2D eigenvalue weighted by Gasteiger charge is -2.07. The van der Waals surface area contributed by atoms with E-state index in [0.29, 0.717) is 5.95 Å². The number of nitrogens with zero attached hydrogens (tertiary/aromatic N) is 3. The monoisotopic (exact) mass is 143 g/mol. The average Bonchev–Trinajstić information content (AvgIpc) is 2.40. The molecule has 0 bridgehead atoms. The minimum absolute atomic E-state index is 0.0994. The molecule has 1 heterocycles. The largest absolute Gasteiger partial charge is 0.362 e. The molecular weight excluding hydrogens is 134 g/mol. The summed E-state index contributed by atoms with van der Waals surface area (Å²) in [5.74, 6) is 0.439. The average molecular weight is 143 g/mol. The van der Waals surface area contributed by atoms with Gasteiger partial charge in [-0.2, -0.15) is 5.21 Å². The van der Waals surface area contributed by atoms with E-state index in [1.165, 1.54) is 0 Å². The van der Waals surface area contributed by atoms with Gasteiger partial charge < -0.3 is 10.1 Å². The topological polar surface area (TPSA) is 75.7 Å². The number of aromatic amines is 1. The van der Waals surface area contributed by atoms with Crippen LogP contribution < -0.4 is 5.32 Å². The van der Waals surface area contributed by atoms with Gasteiger partial charge in [0.15, 0.2) is 0 Å². The van der Waals surface area contributed by atoms with Gasteiger partial charge in [0.2, 0.25) is 0 Å².